The van der Waals surface area contributed by atoms with Gasteiger partial charge in [0.2, 0.25) is 5.91 Å². The van der Waals surface area contributed by atoms with E-state index in [1.165, 1.54) is 398 Å². The first kappa shape index (κ1) is 91.8. The number of rotatable bonds is 81. The fourth-order valence-corrected chi connectivity index (χ4v) is 13.5. The van der Waals surface area contributed by atoms with E-state index in [1.54, 1.807) is 6.08 Å². The van der Waals surface area contributed by atoms with E-state index < -0.39 is 12.1 Å². The van der Waals surface area contributed by atoms with Crippen molar-refractivity contribution in [3.8, 4) is 0 Å². The number of nitrogens with one attached hydrogen (secondary N) is 1. The second-order valence-electron chi connectivity index (χ2n) is 29.5. The monoisotopic (exact) mass is 1320 g/mol. The van der Waals surface area contributed by atoms with Gasteiger partial charge in [-0.1, -0.05) is 422 Å². The Morgan fingerprint density at radius 2 is 0.532 bits per heavy atom. The second-order valence-corrected chi connectivity index (χ2v) is 29.5. The highest BCUT2D eigenvalue weighted by Crippen LogP contribution is 2.20. The van der Waals surface area contributed by atoms with Crippen LogP contribution in [0.4, 0.5) is 0 Å². The number of aliphatic hydroxyl groups excluding tert-OH is 2. The van der Waals surface area contributed by atoms with Gasteiger partial charge in [0, 0.05) is 12.8 Å². The molecule has 94 heavy (non-hydrogen) atoms. The molecule has 0 spiro atoms. The molecule has 0 heterocycles. The van der Waals surface area contributed by atoms with E-state index in [4.69, 9.17) is 4.74 Å². The molecule has 0 aromatic carbocycles. The molecule has 0 aliphatic rings. The summed E-state index contributed by atoms with van der Waals surface area (Å²) in [6, 6.07) is -0.626. The van der Waals surface area contributed by atoms with Crippen LogP contribution in [-0.2, 0) is 14.3 Å². The van der Waals surface area contributed by atoms with E-state index in [-0.39, 0.29) is 18.5 Å². The van der Waals surface area contributed by atoms with Gasteiger partial charge < -0.3 is 20.3 Å². The summed E-state index contributed by atoms with van der Waals surface area (Å²) >= 11 is 0. The number of allylic oxidation sites excluding steroid dienone is 7. The maximum atomic E-state index is 12.6. The lowest BCUT2D eigenvalue weighted by Gasteiger charge is -2.20. The van der Waals surface area contributed by atoms with E-state index in [9.17, 15) is 19.8 Å². The number of ether oxygens (including phenoxy) is 1. The number of hydrogen-bond acceptors (Lipinski definition) is 5. The summed E-state index contributed by atoms with van der Waals surface area (Å²) in [5, 5.41) is 23.3. The standard InChI is InChI=1S/C88H167NO5/c1-3-5-7-9-11-13-15-17-19-21-23-41-45-48-52-56-60-64-68-72-76-80-86(91)85(84-90)89-87(92)81-77-73-69-65-61-57-53-49-46-42-39-37-35-33-31-29-27-25-24-26-28-30-32-34-36-38-40-43-47-51-55-59-63-67-71-75-79-83-94-88(93)82-78-74-70-66-62-58-54-50-44-22-20-18-16-14-12-10-8-6-4-2/h12,14,18,20,24,26,76,80,85-86,90-91H,3-11,13,15-17,19,21-23,25,27-75,77-79,81-84H2,1-2H3,(H,89,92)/b14-12-,20-18-,26-24-,80-76+. The molecule has 554 valence electrons. The first-order valence-electron chi connectivity index (χ1n) is 42.9. The average molecular weight is 1320 g/mol. The zero-order valence-electron chi connectivity index (χ0n) is 63.7. The van der Waals surface area contributed by atoms with Gasteiger partial charge in [-0.15, -0.1) is 0 Å². The molecule has 3 N–H and O–H groups in total. The molecule has 0 saturated carbocycles. The summed E-state index contributed by atoms with van der Waals surface area (Å²) in [5.74, 6) is -0.0412. The molecule has 0 aromatic heterocycles. The highest BCUT2D eigenvalue weighted by Gasteiger charge is 2.18. The summed E-state index contributed by atoms with van der Waals surface area (Å²) in [6.45, 7) is 4.93. The summed E-state index contributed by atoms with van der Waals surface area (Å²) < 4.78 is 5.52. The second kappa shape index (κ2) is 83.2. The van der Waals surface area contributed by atoms with Crippen molar-refractivity contribution in [2.75, 3.05) is 13.2 Å². The van der Waals surface area contributed by atoms with E-state index in [0.29, 0.717) is 19.4 Å². The Morgan fingerprint density at radius 3 is 0.840 bits per heavy atom. The van der Waals surface area contributed by atoms with Gasteiger partial charge in [0.05, 0.1) is 25.4 Å². The Balaban J connectivity index is 3.35. The third kappa shape index (κ3) is 78.8. The molecule has 0 rings (SSSR count). The Labute approximate surface area is 588 Å². The maximum Gasteiger partial charge on any atom is 0.305 e. The zero-order chi connectivity index (χ0) is 67.7. The van der Waals surface area contributed by atoms with Crippen LogP contribution >= 0.6 is 0 Å². The molecule has 0 aliphatic carbocycles. The van der Waals surface area contributed by atoms with Crippen molar-refractivity contribution in [2.45, 2.75) is 488 Å². The largest absolute Gasteiger partial charge is 0.466 e. The number of hydrogen-bond donors (Lipinski definition) is 3. The van der Waals surface area contributed by atoms with Crippen molar-refractivity contribution in [3.63, 3.8) is 0 Å². The summed E-state index contributed by atoms with van der Waals surface area (Å²) in [5.41, 5.74) is 0. The van der Waals surface area contributed by atoms with Crippen molar-refractivity contribution in [1.82, 2.24) is 5.32 Å². The molecule has 1 amide bonds. The van der Waals surface area contributed by atoms with Crippen molar-refractivity contribution in [3.05, 3.63) is 48.6 Å². The Bertz CT molecular complexity index is 1570. The number of unbranched alkanes of at least 4 members (excludes halogenated alkanes) is 64. The van der Waals surface area contributed by atoms with E-state index in [2.05, 4.69) is 55.6 Å². The predicted octanol–water partition coefficient (Wildman–Crippen LogP) is 28.7. The summed E-state index contributed by atoms with van der Waals surface area (Å²) in [6.07, 6.45) is 111. The SMILES string of the molecule is CCCCC/C=C\C/C=C\CCCCCCCCCCCC(=O)OCCCCCCCCCCCCCCCCCC/C=C\CCCCCCCCCCCCCCCCCCCC(=O)NC(CO)C(O)/C=C/CCCCCCCCCCCCCCCCCCCCC. The quantitative estimate of drug-likeness (QED) is 0.0320. The van der Waals surface area contributed by atoms with Crippen molar-refractivity contribution in [1.29, 1.82) is 0 Å². The van der Waals surface area contributed by atoms with Crippen molar-refractivity contribution in [2.24, 2.45) is 0 Å². The third-order valence-electron chi connectivity index (χ3n) is 20.1. The smallest absolute Gasteiger partial charge is 0.305 e. The highest BCUT2D eigenvalue weighted by molar-refractivity contribution is 5.76. The number of esters is 1. The topological polar surface area (TPSA) is 95.9 Å². The molecule has 0 aromatic rings. The Kier molecular flexibility index (Phi) is 81.3. The minimum absolute atomic E-state index is 0.0181. The van der Waals surface area contributed by atoms with Crippen molar-refractivity contribution >= 4 is 11.9 Å². The van der Waals surface area contributed by atoms with Crippen LogP contribution in [0.3, 0.4) is 0 Å². The van der Waals surface area contributed by atoms with Crippen LogP contribution in [0.5, 0.6) is 0 Å². The lowest BCUT2D eigenvalue weighted by Crippen LogP contribution is -2.45. The van der Waals surface area contributed by atoms with E-state index >= 15 is 0 Å². The Morgan fingerprint density at radius 1 is 0.298 bits per heavy atom. The van der Waals surface area contributed by atoms with Crippen LogP contribution in [0.1, 0.15) is 476 Å². The van der Waals surface area contributed by atoms with Gasteiger partial charge >= 0.3 is 5.97 Å². The van der Waals surface area contributed by atoms with Crippen LogP contribution in [0.25, 0.3) is 0 Å². The highest BCUT2D eigenvalue weighted by atomic mass is 16.5. The van der Waals surface area contributed by atoms with Crippen LogP contribution in [0.2, 0.25) is 0 Å². The molecule has 2 atom stereocenters. The number of carbonyl (C=O) groups excluding carboxylic acids is 2. The average Bonchev–Trinajstić information content (AvgIpc) is 3.66. The van der Waals surface area contributed by atoms with E-state index in [1.807, 2.05) is 6.08 Å². The number of carbonyl (C=O) groups is 2. The fourth-order valence-electron chi connectivity index (χ4n) is 13.5. The lowest BCUT2D eigenvalue weighted by molar-refractivity contribution is -0.143. The molecule has 0 fully saturated rings. The molecule has 0 radical (unpaired) electrons. The summed E-state index contributed by atoms with van der Waals surface area (Å²) in [4.78, 5) is 24.7. The molecular weight excluding hydrogens is 1150 g/mol. The molecule has 6 heteroatoms. The third-order valence-corrected chi connectivity index (χ3v) is 20.1. The van der Waals surface area contributed by atoms with Crippen LogP contribution in [0.15, 0.2) is 48.6 Å². The predicted molar refractivity (Wildman–Crippen MR) is 416 cm³/mol. The molecule has 0 bridgehead atoms. The van der Waals surface area contributed by atoms with Gasteiger partial charge in [0.15, 0.2) is 0 Å². The molecule has 0 saturated heterocycles. The minimum Gasteiger partial charge on any atom is -0.466 e. The maximum absolute atomic E-state index is 12.6. The van der Waals surface area contributed by atoms with Gasteiger partial charge in [-0.2, -0.15) is 0 Å². The first-order valence-corrected chi connectivity index (χ1v) is 42.9. The van der Waals surface area contributed by atoms with Crippen molar-refractivity contribution < 1.29 is 24.5 Å². The van der Waals surface area contributed by atoms with Crippen LogP contribution in [0, 0.1) is 0 Å². The van der Waals surface area contributed by atoms with Gasteiger partial charge in [0.1, 0.15) is 0 Å². The fraction of sp³-hybridized carbons (Fsp3) is 0.886. The minimum atomic E-state index is -0.843. The summed E-state index contributed by atoms with van der Waals surface area (Å²) in [7, 11) is 0. The molecular formula is C88H167NO5. The van der Waals surface area contributed by atoms with Crippen LogP contribution < -0.4 is 5.32 Å². The first-order chi connectivity index (χ1) is 46.5. The van der Waals surface area contributed by atoms with Crippen LogP contribution in [-0.4, -0.2) is 47.4 Å². The number of aliphatic hydroxyl groups is 2. The normalized spacial score (nSPS) is 12.7. The molecule has 0 aliphatic heterocycles. The van der Waals surface area contributed by atoms with Gasteiger partial charge in [-0.25, -0.2) is 0 Å². The molecule has 6 nitrogen and oxygen atoms in total. The lowest BCUT2D eigenvalue weighted by atomic mass is 10.0. The van der Waals surface area contributed by atoms with Gasteiger partial charge in [-0.05, 0) is 89.9 Å². The van der Waals surface area contributed by atoms with Gasteiger partial charge in [0.25, 0.3) is 0 Å². The zero-order valence-corrected chi connectivity index (χ0v) is 63.7. The Hall–Kier alpha value is -2.18. The van der Waals surface area contributed by atoms with E-state index in [0.717, 1.165) is 51.4 Å². The number of amides is 1. The molecule has 2 unspecified atom stereocenters. The van der Waals surface area contributed by atoms with Gasteiger partial charge in [-0.3, -0.25) is 9.59 Å².